The lowest BCUT2D eigenvalue weighted by atomic mass is 10.1. The summed E-state index contributed by atoms with van der Waals surface area (Å²) in [6.07, 6.45) is 11.4. The number of aliphatic hydroxyl groups excluding tert-OH is 1. The van der Waals surface area contributed by atoms with Crippen LogP contribution < -0.4 is 0 Å². The van der Waals surface area contributed by atoms with Gasteiger partial charge in [-0.15, -0.1) is 0 Å². The van der Waals surface area contributed by atoms with E-state index in [0.717, 1.165) is 37.3 Å². The highest BCUT2D eigenvalue weighted by molar-refractivity contribution is 14.1. The maximum Gasteiger partial charge on any atom is 0.158 e. The molecule has 1 N–H and O–H groups in total. The average molecular weight is 482 g/mol. The van der Waals surface area contributed by atoms with E-state index < -0.39 is 0 Å². The van der Waals surface area contributed by atoms with Gasteiger partial charge >= 0.3 is 0 Å². The minimum atomic E-state index is -0.170. The maximum atomic E-state index is 9.54. The van der Waals surface area contributed by atoms with Crippen LogP contribution >= 0.6 is 22.6 Å². The topological polar surface area (TPSA) is 56.5 Å². The number of hydrogen-bond donors (Lipinski definition) is 1. The molecule has 1 aromatic heterocycles. The number of ether oxygens (including phenoxy) is 2. The molecule has 0 aliphatic carbocycles. The van der Waals surface area contributed by atoms with Gasteiger partial charge in [0.2, 0.25) is 0 Å². The van der Waals surface area contributed by atoms with Crippen molar-refractivity contribution in [2.75, 3.05) is 13.2 Å². The number of halogens is 1. The molecule has 27 heavy (non-hydrogen) atoms. The minimum Gasteiger partial charge on any atom is -0.396 e. The van der Waals surface area contributed by atoms with Crippen LogP contribution in [0.15, 0.2) is 42.7 Å². The Morgan fingerprint density at radius 2 is 2.19 bits per heavy atom. The molecule has 1 aromatic carbocycles. The lowest BCUT2D eigenvalue weighted by Crippen LogP contribution is -2.25. The van der Waals surface area contributed by atoms with Crippen molar-refractivity contribution in [3.8, 4) is 0 Å². The predicted molar refractivity (Wildman–Crippen MR) is 114 cm³/mol. The first-order valence-electron chi connectivity index (χ1n) is 9.52. The van der Waals surface area contributed by atoms with Crippen molar-refractivity contribution in [2.24, 2.45) is 0 Å². The molecule has 2 aromatic rings. The van der Waals surface area contributed by atoms with Gasteiger partial charge in [0.1, 0.15) is 11.9 Å². The number of rotatable bonds is 8. The van der Waals surface area contributed by atoms with E-state index in [4.69, 9.17) is 9.47 Å². The highest BCUT2D eigenvalue weighted by Crippen LogP contribution is 2.26. The van der Waals surface area contributed by atoms with Gasteiger partial charge in [-0.1, -0.05) is 24.3 Å². The summed E-state index contributed by atoms with van der Waals surface area (Å²) in [6, 6.07) is 8.38. The molecule has 6 heteroatoms. The Morgan fingerprint density at radius 1 is 1.37 bits per heavy atom. The van der Waals surface area contributed by atoms with Crippen LogP contribution in [0, 0.1) is 3.57 Å². The van der Waals surface area contributed by atoms with Gasteiger partial charge in [0.25, 0.3) is 0 Å². The molecule has 1 aliphatic rings. The molecule has 1 saturated heterocycles. The molecular formula is C21H27IN2O3. The van der Waals surface area contributed by atoms with Gasteiger partial charge < -0.3 is 19.1 Å². The fraction of sp³-hybridized carbons (Fsp3) is 0.476. The summed E-state index contributed by atoms with van der Waals surface area (Å²) in [7, 11) is 0. The van der Waals surface area contributed by atoms with Crippen LogP contribution in [0.25, 0.3) is 6.08 Å². The van der Waals surface area contributed by atoms with Crippen LogP contribution in [0.1, 0.15) is 56.1 Å². The quantitative estimate of drug-likeness (QED) is 0.553. The number of imidazole rings is 1. The van der Waals surface area contributed by atoms with E-state index in [1.807, 2.05) is 13.1 Å². The van der Waals surface area contributed by atoms with E-state index >= 15 is 0 Å². The van der Waals surface area contributed by atoms with E-state index in [9.17, 15) is 5.11 Å². The third-order valence-corrected chi connectivity index (χ3v) is 5.44. The average Bonchev–Trinajstić information content (AvgIpc) is 3.17. The zero-order chi connectivity index (χ0) is 19.1. The third-order valence-electron chi connectivity index (χ3n) is 4.72. The zero-order valence-corrected chi connectivity index (χ0v) is 17.8. The Kier molecular flexibility index (Phi) is 7.87. The number of aromatic nitrogens is 2. The summed E-state index contributed by atoms with van der Waals surface area (Å²) < 4.78 is 15.1. The molecule has 3 rings (SSSR count). The van der Waals surface area contributed by atoms with Gasteiger partial charge in [-0.25, -0.2) is 4.98 Å². The van der Waals surface area contributed by atoms with Crippen LogP contribution in [-0.2, 0) is 9.47 Å². The third kappa shape index (κ3) is 5.88. The van der Waals surface area contributed by atoms with E-state index in [-0.39, 0.29) is 25.0 Å². The Morgan fingerprint density at radius 3 is 2.89 bits per heavy atom. The summed E-state index contributed by atoms with van der Waals surface area (Å²) in [5, 5.41) is 9.54. The SMILES string of the molecule is C[C@H](OC1CCCCO1)c1nccn1[C@@H](/C=C/c1ccc(I)cc1)CCO. The monoisotopic (exact) mass is 482 g/mol. The van der Waals surface area contributed by atoms with Crippen LogP contribution in [-0.4, -0.2) is 34.2 Å². The van der Waals surface area contributed by atoms with Gasteiger partial charge in [0, 0.05) is 29.2 Å². The molecule has 1 unspecified atom stereocenters. The van der Waals surface area contributed by atoms with E-state index in [2.05, 4.69) is 68.6 Å². The predicted octanol–water partition coefficient (Wildman–Crippen LogP) is 4.73. The van der Waals surface area contributed by atoms with Gasteiger partial charge in [0.05, 0.1) is 6.04 Å². The van der Waals surface area contributed by atoms with Crippen LogP contribution in [0.3, 0.4) is 0 Å². The number of nitrogens with zero attached hydrogens (tertiary/aromatic N) is 2. The van der Waals surface area contributed by atoms with Gasteiger partial charge in [-0.3, -0.25) is 0 Å². The fourth-order valence-electron chi connectivity index (χ4n) is 3.28. The Balaban J connectivity index is 1.73. The Bertz CT molecular complexity index is 723. The molecular weight excluding hydrogens is 455 g/mol. The molecule has 0 amide bonds. The summed E-state index contributed by atoms with van der Waals surface area (Å²) in [6.45, 7) is 2.88. The molecule has 3 atom stereocenters. The number of allylic oxidation sites excluding steroid dienone is 1. The molecule has 0 radical (unpaired) electrons. The van der Waals surface area contributed by atoms with E-state index in [0.29, 0.717) is 6.42 Å². The number of benzene rings is 1. The van der Waals surface area contributed by atoms with Crippen molar-refractivity contribution in [3.05, 3.63) is 57.7 Å². The van der Waals surface area contributed by atoms with Crippen molar-refractivity contribution < 1.29 is 14.6 Å². The normalized spacial score (nSPS) is 20.0. The Labute approximate surface area is 174 Å². The van der Waals surface area contributed by atoms with Gasteiger partial charge in [-0.2, -0.15) is 0 Å². The lowest BCUT2D eigenvalue weighted by molar-refractivity contribution is -0.188. The first-order valence-corrected chi connectivity index (χ1v) is 10.6. The second-order valence-electron chi connectivity index (χ2n) is 6.76. The van der Waals surface area contributed by atoms with Gasteiger partial charge in [-0.05, 0) is 72.9 Å². The number of hydrogen-bond acceptors (Lipinski definition) is 4. The second-order valence-corrected chi connectivity index (χ2v) is 8.00. The summed E-state index contributed by atoms with van der Waals surface area (Å²) >= 11 is 2.30. The molecule has 2 heterocycles. The van der Waals surface area contributed by atoms with E-state index in [1.165, 1.54) is 3.57 Å². The van der Waals surface area contributed by atoms with Crippen LogP contribution in [0.2, 0.25) is 0 Å². The van der Waals surface area contributed by atoms with Crippen LogP contribution in [0.5, 0.6) is 0 Å². The van der Waals surface area contributed by atoms with Gasteiger partial charge in [0.15, 0.2) is 6.29 Å². The summed E-state index contributed by atoms with van der Waals surface area (Å²) in [5.74, 6) is 0.856. The first kappa shape index (κ1) is 20.5. The molecule has 0 saturated carbocycles. The maximum absolute atomic E-state index is 9.54. The molecule has 0 spiro atoms. The fourth-order valence-corrected chi connectivity index (χ4v) is 3.64. The van der Waals surface area contributed by atoms with Crippen LogP contribution in [0.4, 0.5) is 0 Å². The number of aliphatic hydroxyl groups is 1. The smallest absolute Gasteiger partial charge is 0.158 e. The second kappa shape index (κ2) is 10.4. The highest BCUT2D eigenvalue weighted by atomic mass is 127. The molecule has 0 bridgehead atoms. The van der Waals surface area contributed by atoms with Crippen molar-refractivity contribution in [3.63, 3.8) is 0 Å². The Hall–Kier alpha value is -1.22. The van der Waals surface area contributed by atoms with Crippen molar-refractivity contribution in [1.82, 2.24) is 9.55 Å². The molecule has 1 aliphatic heterocycles. The standard InChI is InChI=1S/C21H27IN2O3/c1-16(27-20-4-2-3-15-26-20)21-23-12-13-24(21)19(11-14-25)10-7-17-5-8-18(22)9-6-17/h5-10,12-13,16,19-20,25H,2-4,11,14-15H2,1H3/b10-7+/t16-,19-,20?/m0/s1. The first-order chi connectivity index (χ1) is 13.2. The molecule has 146 valence electrons. The summed E-state index contributed by atoms with van der Waals surface area (Å²) in [5.41, 5.74) is 1.14. The zero-order valence-electron chi connectivity index (χ0n) is 15.6. The van der Waals surface area contributed by atoms with E-state index in [1.54, 1.807) is 6.20 Å². The summed E-state index contributed by atoms with van der Waals surface area (Å²) in [4.78, 5) is 4.52. The van der Waals surface area contributed by atoms with Crippen molar-refractivity contribution in [1.29, 1.82) is 0 Å². The van der Waals surface area contributed by atoms with Crippen molar-refractivity contribution in [2.45, 2.75) is 51.0 Å². The van der Waals surface area contributed by atoms with Crippen molar-refractivity contribution >= 4 is 28.7 Å². The molecule has 5 nitrogen and oxygen atoms in total. The lowest BCUT2D eigenvalue weighted by Gasteiger charge is -2.27. The highest BCUT2D eigenvalue weighted by Gasteiger charge is 2.22. The minimum absolute atomic E-state index is 0.0186. The molecule has 1 fully saturated rings. The largest absolute Gasteiger partial charge is 0.396 e.